The number of halogens is 9. The Balaban J connectivity index is 2.22. The van der Waals surface area contributed by atoms with E-state index in [1.165, 1.54) is 49.6 Å². The summed E-state index contributed by atoms with van der Waals surface area (Å²) in [5.41, 5.74) is 0.269. The second-order valence-electron chi connectivity index (χ2n) is 7.75. The Hall–Kier alpha value is -2.90. The second-order valence-corrected chi connectivity index (χ2v) is 9.34. The van der Waals surface area contributed by atoms with Gasteiger partial charge in [0.15, 0.2) is 5.76 Å². The number of aryl methyl sites for hydroxylation is 1. The Morgan fingerprint density at radius 2 is 1.42 bits per heavy atom. The molecule has 0 saturated heterocycles. The van der Waals surface area contributed by atoms with Gasteiger partial charge >= 0.3 is 33.4 Å². The highest BCUT2D eigenvalue weighted by molar-refractivity contribution is 7.88. The number of benzene rings is 2. The van der Waals surface area contributed by atoms with Crippen LogP contribution in [-0.4, -0.2) is 38.8 Å². The molecule has 0 aromatic heterocycles. The summed E-state index contributed by atoms with van der Waals surface area (Å²) in [5.74, 6) is -15.4. The lowest BCUT2D eigenvalue weighted by Gasteiger charge is -2.32. The van der Waals surface area contributed by atoms with Crippen molar-refractivity contribution in [2.45, 2.75) is 42.5 Å². The monoisotopic (exact) mass is 548 g/mol. The van der Waals surface area contributed by atoms with E-state index in [2.05, 4.69) is 4.18 Å². The van der Waals surface area contributed by atoms with E-state index >= 15 is 0 Å². The number of ether oxygens (including phenoxy) is 1. The van der Waals surface area contributed by atoms with Crippen LogP contribution in [0.4, 0.5) is 39.5 Å². The zero-order valence-corrected chi connectivity index (χ0v) is 19.0. The fraction of sp³-hybridized carbons (Fsp3) is 0.364. The summed E-state index contributed by atoms with van der Waals surface area (Å²) in [4.78, 5) is 0. The van der Waals surface area contributed by atoms with Crippen LogP contribution in [-0.2, 0) is 20.7 Å². The van der Waals surface area contributed by atoms with E-state index < -0.39 is 39.2 Å². The SMILES string of the molecule is COc1ccc2c(c1)CCCC(c1ccccc1)=C2OS(=O)(=O)C(F)(F)C(F)(F)C(F)(F)C(F)(F)F. The third-order valence-corrected chi connectivity index (χ3v) is 6.72. The topological polar surface area (TPSA) is 52.6 Å². The third-order valence-electron chi connectivity index (χ3n) is 5.45. The lowest BCUT2D eigenvalue weighted by molar-refractivity contribution is -0.382. The fourth-order valence-electron chi connectivity index (χ4n) is 3.55. The molecular weight excluding hydrogens is 531 g/mol. The number of rotatable bonds is 7. The van der Waals surface area contributed by atoms with Gasteiger partial charge < -0.3 is 8.92 Å². The molecule has 0 saturated carbocycles. The average molecular weight is 548 g/mol. The van der Waals surface area contributed by atoms with Crippen LogP contribution in [0.3, 0.4) is 0 Å². The summed E-state index contributed by atoms with van der Waals surface area (Å²) in [7, 11) is -5.83. The third kappa shape index (κ3) is 4.50. The van der Waals surface area contributed by atoms with Crippen molar-refractivity contribution in [3.8, 4) is 5.75 Å². The number of hydrogen-bond donors (Lipinski definition) is 0. The highest BCUT2D eigenvalue weighted by Gasteiger charge is 2.86. The highest BCUT2D eigenvalue weighted by atomic mass is 32.2. The van der Waals surface area contributed by atoms with Gasteiger partial charge in [-0.25, -0.2) is 0 Å². The molecule has 1 aliphatic rings. The molecule has 0 aliphatic heterocycles. The first-order valence-corrected chi connectivity index (χ1v) is 11.5. The van der Waals surface area contributed by atoms with Crippen molar-refractivity contribution in [1.29, 1.82) is 0 Å². The molecule has 0 spiro atoms. The van der Waals surface area contributed by atoms with Crippen molar-refractivity contribution in [2.24, 2.45) is 0 Å². The van der Waals surface area contributed by atoms with E-state index in [0.29, 0.717) is 0 Å². The van der Waals surface area contributed by atoms with E-state index in [4.69, 9.17) is 4.74 Å². The zero-order valence-electron chi connectivity index (χ0n) is 18.2. The molecule has 3 rings (SSSR count). The van der Waals surface area contributed by atoms with Crippen molar-refractivity contribution in [3.63, 3.8) is 0 Å². The van der Waals surface area contributed by atoms with Crippen molar-refractivity contribution < 1.29 is 56.9 Å². The summed E-state index contributed by atoms with van der Waals surface area (Å²) >= 11 is 0. The van der Waals surface area contributed by atoms with Gasteiger partial charge in [0.25, 0.3) is 0 Å². The Morgan fingerprint density at radius 3 is 1.97 bits per heavy atom. The molecule has 4 nitrogen and oxygen atoms in total. The summed E-state index contributed by atoms with van der Waals surface area (Å²) in [5, 5.41) is -6.98. The Morgan fingerprint density at radius 1 is 0.806 bits per heavy atom. The lowest BCUT2D eigenvalue weighted by Crippen LogP contribution is -2.63. The maximum atomic E-state index is 14.4. The van der Waals surface area contributed by atoms with Gasteiger partial charge in [-0.3, -0.25) is 0 Å². The smallest absolute Gasteiger partial charge is 0.460 e. The van der Waals surface area contributed by atoms with Gasteiger partial charge in [0.2, 0.25) is 0 Å². The minimum absolute atomic E-state index is 0.0352. The van der Waals surface area contributed by atoms with Crippen LogP contribution in [0, 0.1) is 0 Å². The van der Waals surface area contributed by atoms with Gasteiger partial charge in [0.05, 0.1) is 7.11 Å². The molecule has 0 unspecified atom stereocenters. The fourth-order valence-corrected chi connectivity index (χ4v) is 4.50. The number of alkyl halides is 9. The van der Waals surface area contributed by atoms with E-state index in [0.717, 1.165) is 0 Å². The van der Waals surface area contributed by atoms with Crippen molar-refractivity contribution in [1.82, 2.24) is 0 Å². The van der Waals surface area contributed by atoms with E-state index in [1.54, 1.807) is 6.07 Å². The molecule has 0 N–H and O–H groups in total. The predicted molar refractivity (Wildman–Crippen MR) is 110 cm³/mol. The zero-order chi connectivity index (χ0) is 27.2. The molecule has 1 aliphatic carbocycles. The summed E-state index contributed by atoms with van der Waals surface area (Å²) < 4.78 is 155. The van der Waals surface area contributed by atoms with Crippen LogP contribution < -0.4 is 4.74 Å². The Bertz CT molecular complexity index is 1250. The molecule has 198 valence electrons. The summed E-state index contributed by atoms with van der Waals surface area (Å²) in [6, 6.07) is 11.2. The Labute approximate surface area is 199 Å². The largest absolute Gasteiger partial charge is 0.497 e. The molecule has 0 fully saturated rings. The maximum absolute atomic E-state index is 14.4. The molecule has 0 bridgehead atoms. The molecule has 0 radical (unpaired) electrons. The predicted octanol–water partition coefficient (Wildman–Crippen LogP) is 6.67. The maximum Gasteiger partial charge on any atom is 0.460 e. The average Bonchev–Trinajstić information content (AvgIpc) is 2.97. The number of allylic oxidation sites excluding steroid dienone is 1. The molecule has 0 amide bonds. The van der Waals surface area contributed by atoms with E-state index in [1.807, 2.05) is 0 Å². The normalized spacial score (nSPS) is 15.8. The molecular formula is C22H17F9O4S. The quantitative estimate of drug-likeness (QED) is 0.287. The summed E-state index contributed by atoms with van der Waals surface area (Å²) in [6.45, 7) is 0. The van der Waals surface area contributed by atoms with Gasteiger partial charge in [0, 0.05) is 11.1 Å². The van der Waals surface area contributed by atoms with Crippen LogP contribution in [0.5, 0.6) is 5.75 Å². The minimum atomic E-state index is -7.40. The molecule has 0 atom stereocenters. The minimum Gasteiger partial charge on any atom is -0.497 e. The number of methoxy groups -OCH3 is 1. The van der Waals surface area contributed by atoms with Crippen molar-refractivity contribution in [3.05, 3.63) is 65.2 Å². The van der Waals surface area contributed by atoms with Gasteiger partial charge in [0.1, 0.15) is 5.75 Å². The van der Waals surface area contributed by atoms with Gasteiger partial charge in [-0.2, -0.15) is 47.9 Å². The first kappa shape index (κ1) is 27.7. The van der Waals surface area contributed by atoms with Crippen LogP contribution in [0.15, 0.2) is 48.5 Å². The molecule has 2 aromatic rings. The lowest BCUT2D eigenvalue weighted by atomic mass is 9.99. The van der Waals surface area contributed by atoms with Crippen molar-refractivity contribution in [2.75, 3.05) is 7.11 Å². The summed E-state index contributed by atoms with van der Waals surface area (Å²) in [6.07, 6.45) is -6.72. The van der Waals surface area contributed by atoms with Gasteiger partial charge in [-0.1, -0.05) is 30.3 Å². The molecule has 0 heterocycles. The Kier molecular flexibility index (Phi) is 7.07. The first-order chi connectivity index (χ1) is 16.5. The highest BCUT2D eigenvalue weighted by Crippen LogP contribution is 2.55. The standard InChI is InChI=1S/C22H17F9O4S/c1-34-15-10-11-17-14(12-15)8-5-9-16(13-6-3-2-4-7-13)18(17)35-36(32,33)22(30,31)20(25,26)19(23,24)21(27,28)29/h2-4,6-7,10-12H,5,8-9H2,1H3. The number of hydrogen-bond acceptors (Lipinski definition) is 4. The molecule has 2 aromatic carbocycles. The molecule has 36 heavy (non-hydrogen) atoms. The van der Waals surface area contributed by atoms with Gasteiger partial charge in [-0.15, -0.1) is 0 Å². The van der Waals surface area contributed by atoms with Crippen LogP contribution in [0.25, 0.3) is 11.3 Å². The van der Waals surface area contributed by atoms with Crippen LogP contribution in [0.1, 0.15) is 29.5 Å². The first-order valence-electron chi connectivity index (χ1n) is 10.1. The second kappa shape index (κ2) is 9.20. The van der Waals surface area contributed by atoms with Crippen molar-refractivity contribution >= 4 is 21.5 Å². The van der Waals surface area contributed by atoms with Crippen LogP contribution >= 0.6 is 0 Å². The van der Waals surface area contributed by atoms with E-state index in [9.17, 15) is 47.9 Å². The molecule has 14 heteroatoms. The van der Waals surface area contributed by atoms with E-state index in [-0.39, 0.29) is 47.3 Å². The van der Waals surface area contributed by atoms with Gasteiger partial charge in [-0.05, 0) is 48.6 Å². The number of fused-ring (bicyclic) bond motifs is 1. The van der Waals surface area contributed by atoms with Crippen LogP contribution in [0.2, 0.25) is 0 Å².